The number of ether oxygens (including phenoxy) is 1. The van der Waals surface area contributed by atoms with Gasteiger partial charge in [0.05, 0.1) is 5.41 Å². The predicted octanol–water partition coefficient (Wildman–Crippen LogP) is 3.84. The van der Waals surface area contributed by atoms with Crippen LogP contribution in [0.2, 0.25) is 0 Å². The molecule has 0 aromatic rings. The molecule has 24 heavy (non-hydrogen) atoms. The van der Waals surface area contributed by atoms with Gasteiger partial charge in [0.15, 0.2) is 5.78 Å². The molecule has 5 aliphatic rings. The average molecular weight is 326 g/mol. The zero-order valence-corrected chi connectivity index (χ0v) is 14.6. The Labute approximate surface area is 143 Å². The maximum atomic E-state index is 12.8. The van der Waals surface area contributed by atoms with Gasteiger partial charge in [0.1, 0.15) is 6.10 Å². The molecule has 0 amide bonds. The fourth-order valence-corrected chi connectivity index (χ4v) is 7.14. The first-order valence-electron chi connectivity index (χ1n) is 9.61. The Hall–Kier alpha value is -1.38. The third-order valence-corrected chi connectivity index (χ3v) is 8.33. The first-order chi connectivity index (χ1) is 11.5. The second kappa shape index (κ2) is 4.62. The lowest BCUT2D eigenvalue weighted by Crippen LogP contribution is -2.51. The van der Waals surface area contributed by atoms with Gasteiger partial charge in [-0.15, -0.1) is 0 Å². The Kier molecular flexibility index (Phi) is 2.87. The maximum absolute atomic E-state index is 12.8. The number of esters is 1. The molecule has 5 rings (SSSR count). The lowest BCUT2D eigenvalue weighted by molar-refractivity contribution is -0.155. The van der Waals surface area contributed by atoms with Crippen molar-refractivity contribution in [2.24, 2.45) is 34.5 Å². The van der Waals surface area contributed by atoms with Crippen LogP contribution in [0.15, 0.2) is 23.8 Å². The number of carbonyl (C=O) groups is 2. The van der Waals surface area contributed by atoms with Gasteiger partial charge in [-0.3, -0.25) is 9.59 Å². The van der Waals surface area contributed by atoms with E-state index in [0.717, 1.165) is 32.1 Å². The van der Waals surface area contributed by atoms with Crippen LogP contribution < -0.4 is 0 Å². The van der Waals surface area contributed by atoms with E-state index >= 15 is 0 Å². The van der Waals surface area contributed by atoms with Gasteiger partial charge in [-0.1, -0.05) is 19.1 Å². The maximum Gasteiger partial charge on any atom is 0.313 e. The lowest BCUT2D eigenvalue weighted by atomic mass is 9.48. The van der Waals surface area contributed by atoms with Gasteiger partial charge >= 0.3 is 5.97 Å². The number of ketones is 1. The minimum absolute atomic E-state index is 0.0830. The SMILES string of the molecule is CC1OC(=O)C23CCC4C(C=CC5=CC(=O)CCC54C)C2CCC13. The molecule has 7 unspecified atom stereocenters. The summed E-state index contributed by atoms with van der Waals surface area (Å²) in [6, 6.07) is 0. The standard InChI is InChI=1S/C21H26O3/c1-12-16-5-6-18-15-4-3-13-11-14(22)7-9-20(13,2)17(15)8-10-21(16,18)19(23)24-12/h3-4,11-12,15-18H,5-10H2,1-2H3. The van der Waals surface area contributed by atoms with E-state index in [1.165, 1.54) is 5.57 Å². The Balaban J connectivity index is 1.58. The molecule has 0 aromatic carbocycles. The van der Waals surface area contributed by atoms with Crippen molar-refractivity contribution in [3.63, 3.8) is 0 Å². The fourth-order valence-electron chi connectivity index (χ4n) is 7.14. The molecule has 1 spiro atoms. The summed E-state index contributed by atoms with van der Waals surface area (Å²) in [5.74, 6) is 2.25. The van der Waals surface area contributed by atoms with Crippen molar-refractivity contribution in [1.82, 2.24) is 0 Å². The van der Waals surface area contributed by atoms with E-state index in [9.17, 15) is 9.59 Å². The second-order valence-electron chi connectivity index (χ2n) is 9.01. The summed E-state index contributed by atoms with van der Waals surface area (Å²) in [5.41, 5.74) is 1.13. The average Bonchev–Trinajstić information content (AvgIpc) is 3.05. The van der Waals surface area contributed by atoms with Crippen molar-refractivity contribution in [2.45, 2.75) is 58.5 Å². The number of allylic oxidation sites excluding steroid dienone is 4. The summed E-state index contributed by atoms with van der Waals surface area (Å²) in [6.45, 7) is 4.43. The van der Waals surface area contributed by atoms with E-state index in [2.05, 4.69) is 26.0 Å². The molecule has 0 aromatic heterocycles. The van der Waals surface area contributed by atoms with Crippen LogP contribution in [0.4, 0.5) is 0 Å². The van der Waals surface area contributed by atoms with E-state index in [-0.39, 0.29) is 28.7 Å². The molecule has 0 bridgehead atoms. The second-order valence-corrected chi connectivity index (χ2v) is 9.01. The summed E-state index contributed by atoms with van der Waals surface area (Å²) in [7, 11) is 0. The molecule has 3 nitrogen and oxygen atoms in total. The summed E-state index contributed by atoms with van der Waals surface area (Å²) in [6.07, 6.45) is 12.5. The molecule has 0 N–H and O–H groups in total. The van der Waals surface area contributed by atoms with Gasteiger partial charge in [0.2, 0.25) is 0 Å². The molecule has 7 atom stereocenters. The molecule has 1 aliphatic heterocycles. The summed E-state index contributed by atoms with van der Waals surface area (Å²) in [4.78, 5) is 24.7. The van der Waals surface area contributed by atoms with Crippen LogP contribution in [0.3, 0.4) is 0 Å². The zero-order valence-electron chi connectivity index (χ0n) is 14.6. The first-order valence-corrected chi connectivity index (χ1v) is 9.61. The summed E-state index contributed by atoms with van der Waals surface area (Å²) in [5, 5.41) is 0. The topological polar surface area (TPSA) is 43.4 Å². The highest BCUT2D eigenvalue weighted by Gasteiger charge is 2.68. The number of rotatable bonds is 0. The highest BCUT2D eigenvalue weighted by Crippen LogP contribution is 2.67. The van der Waals surface area contributed by atoms with Gasteiger partial charge in [-0.2, -0.15) is 0 Å². The minimum atomic E-state index is -0.215. The van der Waals surface area contributed by atoms with Gasteiger partial charge in [0.25, 0.3) is 0 Å². The van der Waals surface area contributed by atoms with Crippen molar-refractivity contribution in [1.29, 1.82) is 0 Å². The van der Waals surface area contributed by atoms with E-state index in [1.807, 2.05) is 6.08 Å². The van der Waals surface area contributed by atoms with E-state index in [1.54, 1.807) is 0 Å². The van der Waals surface area contributed by atoms with Gasteiger partial charge < -0.3 is 4.74 Å². The fraction of sp³-hybridized carbons (Fsp3) is 0.714. The smallest absolute Gasteiger partial charge is 0.313 e. The lowest BCUT2D eigenvalue weighted by Gasteiger charge is -2.54. The van der Waals surface area contributed by atoms with E-state index in [0.29, 0.717) is 30.1 Å². The minimum Gasteiger partial charge on any atom is -0.462 e. The largest absolute Gasteiger partial charge is 0.462 e. The predicted molar refractivity (Wildman–Crippen MR) is 90.0 cm³/mol. The monoisotopic (exact) mass is 326 g/mol. The quantitative estimate of drug-likeness (QED) is 0.635. The van der Waals surface area contributed by atoms with Crippen molar-refractivity contribution in [3.05, 3.63) is 23.8 Å². The third kappa shape index (κ3) is 1.59. The van der Waals surface area contributed by atoms with Crippen LogP contribution >= 0.6 is 0 Å². The van der Waals surface area contributed by atoms with Gasteiger partial charge in [-0.25, -0.2) is 0 Å². The van der Waals surface area contributed by atoms with Crippen LogP contribution in [-0.2, 0) is 14.3 Å². The Morgan fingerprint density at radius 2 is 1.88 bits per heavy atom. The molecule has 2 saturated carbocycles. The molecule has 1 saturated heterocycles. The van der Waals surface area contributed by atoms with Crippen LogP contribution in [0.25, 0.3) is 0 Å². The molecule has 3 heteroatoms. The van der Waals surface area contributed by atoms with E-state index in [4.69, 9.17) is 4.74 Å². The van der Waals surface area contributed by atoms with Crippen LogP contribution in [0.5, 0.6) is 0 Å². The number of carbonyl (C=O) groups excluding carboxylic acids is 2. The number of hydrogen-bond acceptors (Lipinski definition) is 3. The van der Waals surface area contributed by atoms with Gasteiger partial charge in [-0.05, 0) is 73.8 Å². The molecule has 0 radical (unpaired) electrons. The Morgan fingerprint density at radius 1 is 1.08 bits per heavy atom. The van der Waals surface area contributed by atoms with Crippen molar-refractivity contribution in [3.8, 4) is 0 Å². The molecule has 128 valence electrons. The zero-order chi connectivity index (χ0) is 16.7. The van der Waals surface area contributed by atoms with Crippen molar-refractivity contribution in [2.75, 3.05) is 0 Å². The highest BCUT2D eigenvalue weighted by atomic mass is 16.6. The van der Waals surface area contributed by atoms with Crippen molar-refractivity contribution >= 4 is 11.8 Å². The van der Waals surface area contributed by atoms with Crippen LogP contribution in [0, 0.1) is 34.5 Å². The number of hydrogen-bond donors (Lipinski definition) is 0. The Bertz CT molecular complexity index is 689. The highest BCUT2D eigenvalue weighted by molar-refractivity contribution is 5.92. The van der Waals surface area contributed by atoms with Crippen molar-refractivity contribution < 1.29 is 14.3 Å². The first kappa shape index (κ1) is 14.9. The van der Waals surface area contributed by atoms with E-state index < -0.39 is 0 Å². The Morgan fingerprint density at radius 3 is 2.71 bits per heavy atom. The molecule has 1 heterocycles. The third-order valence-electron chi connectivity index (χ3n) is 8.33. The summed E-state index contributed by atoms with van der Waals surface area (Å²) >= 11 is 0. The molecular formula is C21H26O3. The molecular weight excluding hydrogens is 300 g/mol. The number of cyclic esters (lactones) is 1. The van der Waals surface area contributed by atoms with Gasteiger partial charge in [0, 0.05) is 12.3 Å². The molecule has 3 fully saturated rings. The van der Waals surface area contributed by atoms with Crippen LogP contribution in [0.1, 0.15) is 52.4 Å². The molecule has 4 aliphatic carbocycles. The summed E-state index contributed by atoms with van der Waals surface area (Å²) < 4.78 is 5.69. The normalized spacial score (nSPS) is 52.1. The number of fused-ring (bicyclic) bond motifs is 4. The van der Waals surface area contributed by atoms with Crippen LogP contribution in [-0.4, -0.2) is 17.9 Å².